The van der Waals surface area contributed by atoms with Gasteiger partial charge in [-0.15, -0.1) is 0 Å². The molecule has 2 unspecified atom stereocenters. The Balaban J connectivity index is 2.64. The van der Waals surface area contributed by atoms with Gasteiger partial charge in [0.05, 0.1) is 24.7 Å². The highest BCUT2D eigenvalue weighted by Crippen LogP contribution is 2.38. The molecule has 0 amide bonds. The highest BCUT2D eigenvalue weighted by Gasteiger charge is 2.49. The largest absolute Gasteiger partial charge is 0.394 e. The van der Waals surface area contributed by atoms with Crippen molar-refractivity contribution in [2.75, 3.05) is 6.61 Å². The maximum absolute atomic E-state index is 12.2. The van der Waals surface area contributed by atoms with Crippen molar-refractivity contribution in [1.29, 1.82) is 0 Å². The van der Waals surface area contributed by atoms with E-state index >= 15 is 0 Å². The van der Waals surface area contributed by atoms with Gasteiger partial charge in [-0.25, -0.2) is 0 Å². The Labute approximate surface area is 68.3 Å². The monoisotopic (exact) mass is 184 g/mol. The zero-order chi connectivity index (χ0) is 9.35. The van der Waals surface area contributed by atoms with Crippen LogP contribution in [0.3, 0.4) is 0 Å². The molecule has 5 heteroatoms. The minimum absolute atomic E-state index is 0.0469. The van der Waals surface area contributed by atoms with Crippen LogP contribution < -0.4 is 0 Å². The summed E-state index contributed by atoms with van der Waals surface area (Å²) in [5.74, 6) is -1.50. The molecule has 1 N–H and O–H groups in total. The van der Waals surface area contributed by atoms with Crippen LogP contribution in [0, 0.1) is 5.92 Å². The van der Waals surface area contributed by atoms with Gasteiger partial charge < -0.3 is 9.84 Å². The Bertz CT molecular complexity index is 157. The molecule has 1 aliphatic heterocycles. The molecule has 0 bridgehead atoms. The van der Waals surface area contributed by atoms with Crippen molar-refractivity contribution in [3.05, 3.63) is 0 Å². The Morgan fingerprint density at radius 1 is 1.50 bits per heavy atom. The van der Waals surface area contributed by atoms with Crippen molar-refractivity contribution in [1.82, 2.24) is 0 Å². The summed E-state index contributed by atoms with van der Waals surface area (Å²) in [6, 6.07) is 0. The minimum Gasteiger partial charge on any atom is -0.394 e. The van der Waals surface area contributed by atoms with Gasteiger partial charge >= 0.3 is 6.18 Å². The Morgan fingerprint density at radius 2 is 2.08 bits per heavy atom. The van der Waals surface area contributed by atoms with Gasteiger partial charge in [0.2, 0.25) is 0 Å². The van der Waals surface area contributed by atoms with E-state index in [0.29, 0.717) is 0 Å². The molecule has 0 aromatic heterocycles. The number of rotatable bonds is 1. The summed E-state index contributed by atoms with van der Waals surface area (Å²) in [5, 5.41) is 8.59. The summed E-state index contributed by atoms with van der Waals surface area (Å²) in [6.45, 7) is 1.02. The second-order valence-electron chi connectivity index (χ2n) is 3.05. The summed E-state index contributed by atoms with van der Waals surface area (Å²) >= 11 is 0. The molecular weight excluding hydrogens is 173 g/mol. The van der Waals surface area contributed by atoms with Crippen LogP contribution >= 0.6 is 0 Å². The predicted octanol–water partition coefficient (Wildman–Crippen LogP) is 1.33. The van der Waals surface area contributed by atoms with Gasteiger partial charge in [0.1, 0.15) is 0 Å². The fourth-order valence-corrected chi connectivity index (χ4v) is 1.47. The quantitative estimate of drug-likeness (QED) is 0.666. The minimum atomic E-state index is -4.25. The first-order valence-corrected chi connectivity index (χ1v) is 3.78. The lowest BCUT2D eigenvalue weighted by Gasteiger charge is -2.18. The van der Waals surface area contributed by atoms with Gasteiger partial charge in [-0.2, -0.15) is 13.2 Å². The second-order valence-corrected chi connectivity index (χ2v) is 3.05. The van der Waals surface area contributed by atoms with Gasteiger partial charge in [-0.3, -0.25) is 0 Å². The number of aliphatic hydroxyl groups is 1. The van der Waals surface area contributed by atoms with Gasteiger partial charge in [-0.05, 0) is 13.3 Å². The lowest BCUT2D eigenvalue weighted by Crippen LogP contribution is -2.32. The lowest BCUT2D eigenvalue weighted by molar-refractivity contribution is -0.190. The third-order valence-corrected chi connectivity index (χ3v) is 2.04. The van der Waals surface area contributed by atoms with E-state index in [1.165, 1.54) is 0 Å². The normalized spacial score (nSPS) is 37.2. The van der Waals surface area contributed by atoms with E-state index in [9.17, 15) is 13.2 Å². The summed E-state index contributed by atoms with van der Waals surface area (Å²) < 4.78 is 41.4. The molecule has 12 heavy (non-hydrogen) atoms. The van der Waals surface area contributed by atoms with E-state index in [1.807, 2.05) is 0 Å². The summed E-state index contributed by atoms with van der Waals surface area (Å²) in [4.78, 5) is 0. The molecule has 0 aromatic rings. The molecule has 1 saturated heterocycles. The zero-order valence-corrected chi connectivity index (χ0v) is 6.64. The number of ether oxygens (including phenoxy) is 1. The SMILES string of the molecule is CC1CC(C(F)(F)F)[C@@H](CO)O1. The fourth-order valence-electron chi connectivity index (χ4n) is 1.47. The number of hydrogen-bond donors (Lipinski definition) is 1. The highest BCUT2D eigenvalue weighted by atomic mass is 19.4. The number of aliphatic hydroxyl groups excluding tert-OH is 1. The lowest BCUT2D eigenvalue weighted by atomic mass is 10.00. The van der Waals surface area contributed by atoms with Crippen LogP contribution in [0.25, 0.3) is 0 Å². The zero-order valence-electron chi connectivity index (χ0n) is 6.64. The molecular formula is C7H11F3O2. The third kappa shape index (κ3) is 1.90. The summed E-state index contributed by atoms with van der Waals surface area (Å²) in [5.41, 5.74) is 0. The molecule has 0 aromatic carbocycles. The van der Waals surface area contributed by atoms with Crippen LogP contribution in [-0.2, 0) is 4.74 Å². The van der Waals surface area contributed by atoms with E-state index in [-0.39, 0.29) is 6.42 Å². The topological polar surface area (TPSA) is 29.5 Å². The molecule has 3 atom stereocenters. The van der Waals surface area contributed by atoms with Crippen molar-refractivity contribution >= 4 is 0 Å². The second kappa shape index (κ2) is 3.22. The molecule has 1 heterocycles. The van der Waals surface area contributed by atoms with Gasteiger partial charge in [0, 0.05) is 0 Å². The van der Waals surface area contributed by atoms with Crippen LogP contribution in [0.2, 0.25) is 0 Å². The first-order chi connectivity index (χ1) is 5.45. The van der Waals surface area contributed by atoms with Crippen LogP contribution in [0.5, 0.6) is 0 Å². The third-order valence-electron chi connectivity index (χ3n) is 2.04. The van der Waals surface area contributed by atoms with E-state index in [4.69, 9.17) is 9.84 Å². The number of alkyl halides is 3. The maximum Gasteiger partial charge on any atom is 0.394 e. The van der Waals surface area contributed by atoms with Gasteiger partial charge in [0.25, 0.3) is 0 Å². The summed E-state index contributed by atoms with van der Waals surface area (Å²) in [7, 11) is 0. The Hall–Kier alpha value is -0.290. The van der Waals surface area contributed by atoms with Gasteiger partial charge in [0.15, 0.2) is 0 Å². The molecule has 0 radical (unpaired) electrons. The Morgan fingerprint density at radius 3 is 2.42 bits per heavy atom. The van der Waals surface area contributed by atoms with Gasteiger partial charge in [-0.1, -0.05) is 0 Å². The first-order valence-electron chi connectivity index (χ1n) is 3.78. The molecule has 1 rings (SSSR count). The first kappa shape index (κ1) is 9.80. The average molecular weight is 184 g/mol. The van der Waals surface area contributed by atoms with E-state index in [2.05, 4.69) is 0 Å². The van der Waals surface area contributed by atoms with Crippen molar-refractivity contribution in [3.63, 3.8) is 0 Å². The van der Waals surface area contributed by atoms with E-state index < -0.39 is 30.9 Å². The fraction of sp³-hybridized carbons (Fsp3) is 1.00. The van der Waals surface area contributed by atoms with Crippen LogP contribution in [0.4, 0.5) is 13.2 Å². The number of halogens is 3. The van der Waals surface area contributed by atoms with Crippen LogP contribution in [-0.4, -0.2) is 30.1 Å². The van der Waals surface area contributed by atoms with Crippen molar-refractivity contribution in [3.8, 4) is 0 Å². The number of hydrogen-bond acceptors (Lipinski definition) is 2. The van der Waals surface area contributed by atoms with Crippen LogP contribution in [0.1, 0.15) is 13.3 Å². The van der Waals surface area contributed by atoms with E-state index in [1.54, 1.807) is 6.92 Å². The molecule has 2 nitrogen and oxygen atoms in total. The van der Waals surface area contributed by atoms with Crippen molar-refractivity contribution < 1.29 is 23.0 Å². The standard InChI is InChI=1S/C7H11F3O2/c1-4-2-5(7(8,9)10)6(3-11)12-4/h4-6,11H,2-3H2,1H3/t4?,5?,6-/m1/s1. The van der Waals surface area contributed by atoms with E-state index in [0.717, 1.165) is 0 Å². The predicted molar refractivity (Wildman–Crippen MR) is 35.6 cm³/mol. The maximum atomic E-state index is 12.2. The molecule has 0 aliphatic carbocycles. The van der Waals surface area contributed by atoms with Crippen molar-refractivity contribution in [2.24, 2.45) is 5.92 Å². The van der Waals surface area contributed by atoms with Crippen LogP contribution in [0.15, 0.2) is 0 Å². The highest BCUT2D eigenvalue weighted by molar-refractivity contribution is 4.84. The molecule has 72 valence electrons. The average Bonchev–Trinajstić information content (AvgIpc) is 2.29. The molecule has 1 fully saturated rings. The van der Waals surface area contributed by atoms with Crippen molar-refractivity contribution in [2.45, 2.75) is 31.7 Å². The molecule has 1 aliphatic rings. The molecule has 0 spiro atoms. The summed E-state index contributed by atoms with van der Waals surface area (Å²) in [6.07, 6.45) is -5.78. The smallest absolute Gasteiger partial charge is 0.394 e. The molecule has 0 saturated carbocycles. The Kier molecular flexibility index (Phi) is 2.63.